The molecular formula is C25H28N2O4S. The summed E-state index contributed by atoms with van der Waals surface area (Å²) in [6.45, 7) is 0.922. The van der Waals surface area contributed by atoms with E-state index in [4.69, 9.17) is 9.57 Å². The van der Waals surface area contributed by atoms with Gasteiger partial charge in [-0.1, -0.05) is 72.8 Å². The fraction of sp³-hybridized carbons (Fsp3) is 0.280. The minimum atomic E-state index is -3.59. The molecule has 1 saturated heterocycles. The summed E-state index contributed by atoms with van der Waals surface area (Å²) in [5, 5.41) is 0.940. The van der Waals surface area contributed by atoms with Crippen LogP contribution < -0.4 is 4.74 Å². The van der Waals surface area contributed by atoms with Gasteiger partial charge in [0, 0.05) is 20.6 Å². The van der Waals surface area contributed by atoms with E-state index in [1.807, 2.05) is 84.9 Å². The first kappa shape index (κ1) is 22.5. The maximum absolute atomic E-state index is 13.4. The van der Waals surface area contributed by atoms with E-state index in [2.05, 4.69) is 0 Å². The van der Waals surface area contributed by atoms with Gasteiger partial charge in [-0.3, -0.25) is 4.84 Å². The molecule has 2 atom stereocenters. The zero-order chi connectivity index (χ0) is 22.6. The second-order valence-electron chi connectivity index (χ2n) is 7.96. The summed E-state index contributed by atoms with van der Waals surface area (Å²) in [7, 11) is -0.190. The molecule has 4 rings (SSSR count). The number of benzene rings is 3. The number of ether oxygens (including phenoxy) is 1. The molecule has 0 saturated carbocycles. The van der Waals surface area contributed by atoms with Crippen molar-refractivity contribution in [2.75, 3.05) is 20.7 Å². The third-order valence-electron chi connectivity index (χ3n) is 5.72. The lowest BCUT2D eigenvalue weighted by atomic mass is 10.0. The van der Waals surface area contributed by atoms with Gasteiger partial charge >= 0.3 is 0 Å². The van der Waals surface area contributed by atoms with Crippen molar-refractivity contribution in [1.29, 1.82) is 0 Å². The molecule has 1 heterocycles. The van der Waals surface area contributed by atoms with Crippen molar-refractivity contribution in [1.82, 2.24) is 9.37 Å². The van der Waals surface area contributed by atoms with Crippen LogP contribution in [0.5, 0.6) is 5.75 Å². The van der Waals surface area contributed by atoms with Crippen LogP contribution in [0.15, 0.2) is 84.9 Å². The molecule has 0 radical (unpaired) electrons. The van der Waals surface area contributed by atoms with Gasteiger partial charge in [-0.2, -0.15) is 5.06 Å². The first-order valence-corrected chi connectivity index (χ1v) is 12.1. The summed E-state index contributed by atoms with van der Waals surface area (Å²) < 4.78 is 34.1. The molecule has 0 spiro atoms. The molecule has 3 aromatic carbocycles. The number of rotatable bonds is 8. The average molecular weight is 453 g/mol. The molecular weight excluding hydrogens is 424 g/mol. The van der Waals surface area contributed by atoms with Crippen LogP contribution in [0.4, 0.5) is 0 Å². The van der Waals surface area contributed by atoms with E-state index < -0.39 is 21.3 Å². The summed E-state index contributed by atoms with van der Waals surface area (Å²) in [6.07, 6.45) is 0. The smallest absolute Gasteiger partial charge is 0.221 e. The second-order valence-corrected chi connectivity index (χ2v) is 10.2. The van der Waals surface area contributed by atoms with Gasteiger partial charge in [0.25, 0.3) is 0 Å². The molecule has 6 nitrogen and oxygen atoms in total. The Hall–Kier alpha value is -2.71. The monoisotopic (exact) mass is 452 g/mol. The lowest BCUT2D eigenvalue weighted by molar-refractivity contribution is -0.110. The van der Waals surface area contributed by atoms with Crippen LogP contribution in [-0.2, 0) is 28.0 Å². The molecule has 0 bridgehead atoms. The molecule has 168 valence electrons. The Morgan fingerprint density at radius 2 is 1.53 bits per heavy atom. The molecule has 1 aliphatic rings. The second kappa shape index (κ2) is 9.83. The van der Waals surface area contributed by atoms with Crippen LogP contribution in [0.25, 0.3) is 0 Å². The van der Waals surface area contributed by atoms with Crippen molar-refractivity contribution in [2.24, 2.45) is 0 Å². The highest BCUT2D eigenvalue weighted by molar-refractivity contribution is 7.89. The number of hydrogen-bond donors (Lipinski definition) is 0. The highest BCUT2D eigenvalue weighted by Crippen LogP contribution is 2.35. The quantitative estimate of drug-likeness (QED) is 0.517. The fourth-order valence-corrected chi connectivity index (χ4v) is 5.61. The van der Waals surface area contributed by atoms with E-state index in [9.17, 15) is 8.42 Å². The summed E-state index contributed by atoms with van der Waals surface area (Å²) in [5.74, 6) is 0.736. The summed E-state index contributed by atoms with van der Waals surface area (Å²) in [5.41, 5.74) is 2.91. The largest absolute Gasteiger partial charge is 0.489 e. The summed E-state index contributed by atoms with van der Waals surface area (Å²) in [6, 6.07) is 26.7. The number of sulfonamides is 1. The van der Waals surface area contributed by atoms with Crippen molar-refractivity contribution in [3.8, 4) is 5.75 Å². The minimum absolute atomic E-state index is 0.120. The molecule has 1 aliphatic heterocycles. The SMILES string of the molecule is CN1OC[C@H](S(=O)(=O)N(C)Cc2ccccc2)[C@H]1c1ccc(OCc2ccccc2)cc1. The van der Waals surface area contributed by atoms with Gasteiger partial charge in [0.2, 0.25) is 10.0 Å². The van der Waals surface area contributed by atoms with Crippen LogP contribution in [0.1, 0.15) is 22.7 Å². The molecule has 3 aromatic rings. The zero-order valence-electron chi connectivity index (χ0n) is 18.3. The van der Waals surface area contributed by atoms with E-state index in [0.29, 0.717) is 13.2 Å². The lowest BCUT2D eigenvalue weighted by Gasteiger charge is -2.27. The molecule has 0 unspecified atom stereocenters. The van der Waals surface area contributed by atoms with E-state index in [1.54, 1.807) is 19.2 Å². The first-order valence-electron chi connectivity index (χ1n) is 10.6. The van der Waals surface area contributed by atoms with Crippen LogP contribution in [0.2, 0.25) is 0 Å². The molecule has 1 fully saturated rings. The van der Waals surface area contributed by atoms with Gasteiger partial charge in [0.05, 0.1) is 12.6 Å². The Morgan fingerprint density at radius 3 is 2.16 bits per heavy atom. The minimum Gasteiger partial charge on any atom is -0.489 e. The predicted octanol–water partition coefficient (Wildman–Crippen LogP) is 4.01. The highest BCUT2D eigenvalue weighted by Gasteiger charge is 2.44. The van der Waals surface area contributed by atoms with Gasteiger partial charge in [-0.25, -0.2) is 12.7 Å². The van der Waals surface area contributed by atoms with Crippen molar-refractivity contribution in [2.45, 2.75) is 24.4 Å². The van der Waals surface area contributed by atoms with Gasteiger partial charge in [0.15, 0.2) is 0 Å². The standard InChI is InChI=1S/C25H28N2O4S/c1-26(17-20-9-5-3-6-10-20)32(28,29)24-19-31-27(2)25(24)22-13-15-23(16-14-22)30-18-21-11-7-4-8-12-21/h3-16,24-25H,17-19H2,1-2H3/t24-,25+/m0/s1. The van der Waals surface area contributed by atoms with Crippen molar-refractivity contribution < 1.29 is 18.0 Å². The number of hydroxylamine groups is 2. The Labute approximate surface area is 190 Å². The predicted molar refractivity (Wildman–Crippen MR) is 124 cm³/mol. The van der Waals surface area contributed by atoms with Crippen LogP contribution in [-0.4, -0.2) is 43.7 Å². The fourth-order valence-electron chi connectivity index (χ4n) is 3.93. The summed E-state index contributed by atoms with van der Waals surface area (Å²) >= 11 is 0. The highest BCUT2D eigenvalue weighted by atomic mass is 32.2. The Balaban J connectivity index is 1.47. The Kier molecular flexibility index (Phi) is 6.91. The van der Waals surface area contributed by atoms with Crippen molar-refractivity contribution >= 4 is 10.0 Å². The van der Waals surface area contributed by atoms with Gasteiger partial charge in [0.1, 0.15) is 17.6 Å². The number of hydrogen-bond acceptors (Lipinski definition) is 5. The average Bonchev–Trinajstić information content (AvgIpc) is 3.21. The molecule has 0 aromatic heterocycles. The van der Waals surface area contributed by atoms with Crippen LogP contribution in [0.3, 0.4) is 0 Å². The summed E-state index contributed by atoms with van der Waals surface area (Å²) in [4.78, 5) is 5.65. The first-order chi connectivity index (χ1) is 15.4. The van der Waals surface area contributed by atoms with Crippen LogP contribution >= 0.6 is 0 Å². The van der Waals surface area contributed by atoms with Crippen molar-refractivity contribution in [3.05, 3.63) is 102 Å². The lowest BCUT2D eigenvalue weighted by Crippen LogP contribution is -2.40. The van der Waals surface area contributed by atoms with Gasteiger partial charge < -0.3 is 4.74 Å². The number of nitrogens with zero attached hydrogens (tertiary/aromatic N) is 2. The van der Waals surface area contributed by atoms with Crippen LogP contribution in [0, 0.1) is 0 Å². The molecule has 7 heteroatoms. The van der Waals surface area contributed by atoms with E-state index >= 15 is 0 Å². The van der Waals surface area contributed by atoms with E-state index in [-0.39, 0.29) is 6.61 Å². The van der Waals surface area contributed by atoms with Gasteiger partial charge in [-0.05, 0) is 28.8 Å². The normalized spacial score (nSPS) is 19.3. The molecule has 0 amide bonds. The maximum Gasteiger partial charge on any atom is 0.221 e. The Morgan fingerprint density at radius 1 is 0.938 bits per heavy atom. The maximum atomic E-state index is 13.4. The Bertz CT molecular complexity index is 1110. The third-order valence-corrected chi connectivity index (χ3v) is 7.88. The molecule has 0 N–H and O–H groups in total. The topological polar surface area (TPSA) is 59.1 Å². The van der Waals surface area contributed by atoms with Gasteiger partial charge in [-0.15, -0.1) is 0 Å². The van der Waals surface area contributed by atoms with E-state index in [1.165, 1.54) is 4.31 Å². The molecule has 32 heavy (non-hydrogen) atoms. The van der Waals surface area contributed by atoms with E-state index in [0.717, 1.165) is 22.4 Å². The molecule has 0 aliphatic carbocycles. The van der Waals surface area contributed by atoms with Crippen molar-refractivity contribution in [3.63, 3.8) is 0 Å². The zero-order valence-corrected chi connectivity index (χ0v) is 19.1. The third kappa shape index (κ3) is 5.02.